The van der Waals surface area contributed by atoms with Crippen LogP contribution in [0.3, 0.4) is 0 Å². The Bertz CT molecular complexity index is 1360. The Balaban J connectivity index is 4.48. The van der Waals surface area contributed by atoms with Crippen molar-refractivity contribution in [2.75, 3.05) is 13.2 Å². The predicted octanol–water partition coefficient (Wildman–Crippen LogP) is 17.5. The molecule has 0 radical (unpaired) electrons. The van der Waals surface area contributed by atoms with Gasteiger partial charge in [-0.05, 0) is 103 Å². The second-order valence-electron chi connectivity index (χ2n) is 17.0. The van der Waals surface area contributed by atoms with E-state index < -0.39 is 6.10 Å². The van der Waals surface area contributed by atoms with E-state index in [-0.39, 0.29) is 31.1 Å². The molecule has 6 heteroatoms. The third-order valence-electron chi connectivity index (χ3n) is 10.8. The fourth-order valence-corrected chi connectivity index (χ4v) is 6.87. The molecular formula is C59H96O6. The Morgan fingerprint density at radius 3 is 0.954 bits per heavy atom. The highest BCUT2D eigenvalue weighted by Crippen LogP contribution is 2.14. The van der Waals surface area contributed by atoms with Gasteiger partial charge in [0, 0.05) is 19.3 Å². The summed E-state index contributed by atoms with van der Waals surface area (Å²) in [5.41, 5.74) is 0. The average Bonchev–Trinajstić information content (AvgIpc) is 3.30. The van der Waals surface area contributed by atoms with Crippen LogP contribution in [0.1, 0.15) is 226 Å². The Kier molecular flexibility index (Phi) is 49.5. The Hall–Kier alpha value is -3.93. The molecule has 0 aromatic rings. The van der Waals surface area contributed by atoms with Crippen molar-refractivity contribution in [1.82, 2.24) is 0 Å². The summed E-state index contributed by atoms with van der Waals surface area (Å²) in [6, 6.07) is 0. The molecule has 65 heavy (non-hydrogen) atoms. The Morgan fingerprint density at radius 2 is 0.600 bits per heavy atom. The molecule has 0 fully saturated rings. The molecule has 6 nitrogen and oxygen atoms in total. The largest absolute Gasteiger partial charge is 0.462 e. The molecule has 0 rings (SSSR count). The topological polar surface area (TPSA) is 78.9 Å². The summed E-state index contributed by atoms with van der Waals surface area (Å²) in [5.74, 6) is -0.961. The third kappa shape index (κ3) is 50.9. The zero-order chi connectivity index (χ0) is 47.2. The molecule has 0 aliphatic rings. The molecule has 0 aliphatic carbocycles. The van der Waals surface area contributed by atoms with Gasteiger partial charge in [-0.3, -0.25) is 14.4 Å². The summed E-state index contributed by atoms with van der Waals surface area (Å²) in [5, 5.41) is 0. The summed E-state index contributed by atoms with van der Waals surface area (Å²) in [4.78, 5) is 38.0. The van der Waals surface area contributed by atoms with Crippen molar-refractivity contribution in [3.05, 3.63) is 109 Å². The van der Waals surface area contributed by atoms with Crippen LogP contribution in [0.25, 0.3) is 0 Å². The Morgan fingerprint density at radius 1 is 0.323 bits per heavy atom. The first-order valence-corrected chi connectivity index (χ1v) is 26.4. The van der Waals surface area contributed by atoms with E-state index in [2.05, 4.69) is 130 Å². The number of allylic oxidation sites excluding steroid dienone is 18. The second kappa shape index (κ2) is 52.7. The van der Waals surface area contributed by atoms with Gasteiger partial charge in [0.2, 0.25) is 0 Å². The number of carbonyl (C=O) groups is 3. The molecule has 0 spiro atoms. The molecule has 0 N–H and O–H groups in total. The molecule has 368 valence electrons. The molecule has 0 aliphatic heterocycles. The van der Waals surface area contributed by atoms with Gasteiger partial charge in [-0.25, -0.2) is 0 Å². The van der Waals surface area contributed by atoms with Crippen molar-refractivity contribution in [3.63, 3.8) is 0 Å². The fourth-order valence-electron chi connectivity index (χ4n) is 6.87. The highest BCUT2D eigenvalue weighted by atomic mass is 16.6. The van der Waals surface area contributed by atoms with Crippen LogP contribution in [-0.4, -0.2) is 37.2 Å². The van der Waals surface area contributed by atoms with Crippen LogP contribution in [0.15, 0.2) is 109 Å². The molecule has 0 bridgehead atoms. The average molecular weight is 901 g/mol. The van der Waals surface area contributed by atoms with Gasteiger partial charge in [-0.2, -0.15) is 0 Å². The van der Waals surface area contributed by atoms with E-state index in [4.69, 9.17) is 14.2 Å². The molecular weight excluding hydrogens is 805 g/mol. The highest BCUT2D eigenvalue weighted by molar-refractivity contribution is 5.71. The molecule has 0 aromatic carbocycles. The van der Waals surface area contributed by atoms with Crippen molar-refractivity contribution in [2.24, 2.45) is 0 Å². The van der Waals surface area contributed by atoms with Crippen LogP contribution >= 0.6 is 0 Å². The van der Waals surface area contributed by atoms with E-state index in [1.165, 1.54) is 51.4 Å². The first kappa shape index (κ1) is 61.1. The lowest BCUT2D eigenvalue weighted by atomic mass is 10.1. The SMILES string of the molecule is CC/C=C\C/C=C\C/C=C\C/C=C\C/C=C\CCCCCC(=O)OCC(COC(=O)CCCCCCCCCCCCC)OC(=O)CCCCCC/C=C\C/C=C\C/C=C\C/C=C\CC. The van der Waals surface area contributed by atoms with Crippen LogP contribution < -0.4 is 0 Å². The zero-order valence-electron chi connectivity index (χ0n) is 42.0. The van der Waals surface area contributed by atoms with E-state index in [0.29, 0.717) is 19.3 Å². The predicted molar refractivity (Wildman–Crippen MR) is 279 cm³/mol. The maximum absolute atomic E-state index is 12.8. The molecule has 0 amide bonds. The summed E-state index contributed by atoms with van der Waals surface area (Å²) in [6.45, 7) is 6.34. The van der Waals surface area contributed by atoms with Crippen molar-refractivity contribution in [3.8, 4) is 0 Å². The van der Waals surface area contributed by atoms with Crippen LogP contribution in [0.5, 0.6) is 0 Å². The van der Waals surface area contributed by atoms with Gasteiger partial charge in [-0.15, -0.1) is 0 Å². The maximum atomic E-state index is 12.8. The smallest absolute Gasteiger partial charge is 0.306 e. The summed E-state index contributed by atoms with van der Waals surface area (Å²) in [7, 11) is 0. The molecule has 1 unspecified atom stereocenters. The van der Waals surface area contributed by atoms with Crippen molar-refractivity contribution in [2.45, 2.75) is 232 Å². The quantitative estimate of drug-likeness (QED) is 0.0262. The molecule has 0 saturated heterocycles. The maximum Gasteiger partial charge on any atom is 0.306 e. The van der Waals surface area contributed by atoms with Crippen LogP contribution in [0.4, 0.5) is 0 Å². The monoisotopic (exact) mass is 901 g/mol. The zero-order valence-corrected chi connectivity index (χ0v) is 42.0. The summed E-state index contributed by atoms with van der Waals surface area (Å²) >= 11 is 0. The number of ether oxygens (including phenoxy) is 3. The van der Waals surface area contributed by atoms with Crippen molar-refractivity contribution >= 4 is 17.9 Å². The molecule has 1 atom stereocenters. The molecule has 0 saturated carbocycles. The van der Waals surface area contributed by atoms with E-state index in [1.54, 1.807) is 0 Å². The number of hydrogen-bond acceptors (Lipinski definition) is 6. The lowest BCUT2D eigenvalue weighted by molar-refractivity contribution is -0.167. The number of esters is 3. The number of unbranched alkanes of at least 4 members (excludes halogenated alkanes) is 17. The first-order chi connectivity index (χ1) is 32.0. The lowest BCUT2D eigenvalue weighted by Crippen LogP contribution is -2.30. The summed E-state index contributed by atoms with van der Waals surface area (Å²) < 4.78 is 16.8. The van der Waals surface area contributed by atoms with Gasteiger partial charge >= 0.3 is 17.9 Å². The van der Waals surface area contributed by atoms with E-state index in [0.717, 1.165) is 135 Å². The van der Waals surface area contributed by atoms with Crippen LogP contribution in [0, 0.1) is 0 Å². The number of carbonyl (C=O) groups excluding carboxylic acids is 3. The Labute approximate surface area is 400 Å². The third-order valence-corrected chi connectivity index (χ3v) is 10.8. The van der Waals surface area contributed by atoms with Gasteiger partial charge in [0.25, 0.3) is 0 Å². The molecule has 0 aromatic heterocycles. The first-order valence-electron chi connectivity index (χ1n) is 26.4. The number of hydrogen-bond donors (Lipinski definition) is 0. The van der Waals surface area contributed by atoms with E-state index in [1.807, 2.05) is 0 Å². The number of rotatable bonds is 46. The van der Waals surface area contributed by atoms with Crippen molar-refractivity contribution in [1.29, 1.82) is 0 Å². The second-order valence-corrected chi connectivity index (χ2v) is 17.0. The van der Waals surface area contributed by atoms with E-state index >= 15 is 0 Å². The van der Waals surface area contributed by atoms with Gasteiger partial charge in [0.15, 0.2) is 6.10 Å². The highest BCUT2D eigenvalue weighted by Gasteiger charge is 2.19. The lowest BCUT2D eigenvalue weighted by Gasteiger charge is -2.18. The fraction of sp³-hybridized carbons (Fsp3) is 0.644. The standard InChI is InChI=1S/C59H96O6/c1-4-7-10-13-16-19-22-24-26-28-29-31-32-34-37-40-43-46-49-52-58(61)64-55-56(54-63-57(60)51-48-45-42-39-36-21-18-15-12-9-6-3)65-59(62)53-50-47-44-41-38-35-33-30-27-25-23-20-17-14-11-8-5-2/h7-8,10-11,16-17,19-20,24-27,29,31,33-35,37,56H,4-6,9,12-15,18,21-23,28,30,32,36,38-55H2,1-3H3/b10-7-,11-8-,19-16-,20-17-,26-24-,27-25-,31-29-,35-33-,37-34-. The van der Waals surface area contributed by atoms with Gasteiger partial charge in [-0.1, -0.05) is 214 Å². The van der Waals surface area contributed by atoms with Gasteiger partial charge in [0.05, 0.1) is 0 Å². The van der Waals surface area contributed by atoms with Crippen molar-refractivity contribution < 1.29 is 28.6 Å². The minimum atomic E-state index is -0.804. The van der Waals surface area contributed by atoms with E-state index in [9.17, 15) is 14.4 Å². The van der Waals surface area contributed by atoms with Crippen LogP contribution in [0.2, 0.25) is 0 Å². The van der Waals surface area contributed by atoms with Crippen LogP contribution in [-0.2, 0) is 28.6 Å². The summed E-state index contributed by atoms with van der Waals surface area (Å²) in [6.07, 6.45) is 70.7. The normalized spacial score (nSPS) is 13.0. The van der Waals surface area contributed by atoms with Gasteiger partial charge < -0.3 is 14.2 Å². The minimum Gasteiger partial charge on any atom is -0.462 e. The minimum absolute atomic E-state index is 0.0992. The molecule has 0 heterocycles. The van der Waals surface area contributed by atoms with Gasteiger partial charge in [0.1, 0.15) is 13.2 Å².